The molecule has 2 aromatic rings. The summed E-state index contributed by atoms with van der Waals surface area (Å²) in [5.41, 5.74) is 9.33. The monoisotopic (exact) mass is 465 g/mol. The van der Waals surface area contributed by atoms with E-state index in [9.17, 15) is 14.4 Å². The first-order valence-corrected chi connectivity index (χ1v) is 11.8. The Morgan fingerprint density at radius 2 is 1.71 bits per heavy atom. The third-order valence-electron chi connectivity index (χ3n) is 6.04. The van der Waals surface area contributed by atoms with Crippen LogP contribution in [0.4, 0.5) is 11.4 Å². The summed E-state index contributed by atoms with van der Waals surface area (Å²) in [5.74, 6) is -1.11. The SMILES string of the molecule is CN(C)c1ccc(CC(=O)N[C@@H](CCC(N)=O)C(=O)NCc2ccccc2N2CCCC2)cc1. The lowest BCUT2D eigenvalue weighted by Crippen LogP contribution is -2.47. The van der Waals surface area contributed by atoms with E-state index in [1.807, 2.05) is 61.5 Å². The van der Waals surface area contributed by atoms with Crippen LogP contribution in [0, 0.1) is 0 Å². The van der Waals surface area contributed by atoms with Crippen LogP contribution in [0.3, 0.4) is 0 Å². The largest absolute Gasteiger partial charge is 0.378 e. The van der Waals surface area contributed by atoms with Crippen molar-refractivity contribution in [1.29, 1.82) is 0 Å². The standard InChI is InChI=1S/C26H35N5O3/c1-30(2)21-11-9-19(10-12-21)17-25(33)29-22(13-14-24(27)32)26(34)28-18-20-7-3-4-8-23(20)31-15-5-6-16-31/h3-4,7-12,22H,5-6,13-18H2,1-2H3,(H2,27,32)(H,28,34)(H,29,33)/t22-/m0/s1. The Labute approximate surface area is 201 Å². The molecule has 1 fully saturated rings. The molecule has 8 heteroatoms. The lowest BCUT2D eigenvalue weighted by atomic mass is 10.1. The maximum Gasteiger partial charge on any atom is 0.242 e. The lowest BCUT2D eigenvalue weighted by molar-refractivity contribution is -0.129. The maximum absolute atomic E-state index is 13.0. The molecule has 3 rings (SSSR count). The van der Waals surface area contributed by atoms with Crippen molar-refractivity contribution in [1.82, 2.24) is 10.6 Å². The van der Waals surface area contributed by atoms with Crippen LogP contribution in [0.2, 0.25) is 0 Å². The first kappa shape index (κ1) is 25.1. The fourth-order valence-corrected chi connectivity index (χ4v) is 4.13. The van der Waals surface area contributed by atoms with E-state index in [0.29, 0.717) is 6.54 Å². The number of hydrogen-bond donors (Lipinski definition) is 3. The number of amides is 3. The van der Waals surface area contributed by atoms with Crippen molar-refractivity contribution >= 4 is 29.1 Å². The van der Waals surface area contributed by atoms with Gasteiger partial charge in [-0.25, -0.2) is 0 Å². The van der Waals surface area contributed by atoms with Gasteiger partial charge in [-0.1, -0.05) is 30.3 Å². The van der Waals surface area contributed by atoms with Gasteiger partial charge in [-0.05, 0) is 48.6 Å². The minimum atomic E-state index is -0.833. The summed E-state index contributed by atoms with van der Waals surface area (Å²) < 4.78 is 0. The number of rotatable bonds is 11. The number of hydrogen-bond acceptors (Lipinski definition) is 5. The molecule has 0 radical (unpaired) electrons. The number of carbonyl (C=O) groups is 3. The molecule has 0 aliphatic carbocycles. The molecule has 34 heavy (non-hydrogen) atoms. The second kappa shape index (κ2) is 12.1. The molecule has 4 N–H and O–H groups in total. The number of primary amides is 1. The number of nitrogens with one attached hydrogen (secondary N) is 2. The molecule has 1 atom stereocenters. The predicted molar refractivity (Wildman–Crippen MR) is 135 cm³/mol. The first-order valence-electron chi connectivity index (χ1n) is 11.8. The molecule has 1 aliphatic heterocycles. The zero-order valence-electron chi connectivity index (χ0n) is 20.0. The number of carbonyl (C=O) groups excluding carboxylic acids is 3. The van der Waals surface area contributed by atoms with Crippen LogP contribution in [0.25, 0.3) is 0 Å². The molecule has 1 heterocycles. The minimum Gasteiger partial charge on any atom is -0.378 e. The second-order valence-corrected chi connectivity index (χ2v) is 8.90. The Morgan fingerprint density at radius 1 is 1.03 bits per heavy atom. The van der Waals surface area contributed by atoms with Crippen LogP contribution >= 0.6 is 0 Å². The van der Waals surface area contributed by atoms with Gasteiger partial charge >= 0.3 is 0 Å². The van der Waals surface area contributed by atoms with Crippen LogP contribution in [0.15, 0.2) is 48.5 Å². The number of anilines is 2. The molecule has 0 saturated carbocycles. The molecule has 182 valence electrons. The van der Waals surface area contributed by atoms with Crippen molar-refractivity contribution in [3.05, 3.63) is 59.7 Å². The van der Waals surface area contributed by atoms with E-state index in [0.717, 1.165) is 35.6 Å². The average Bonchev–Trinajstić information content (AvgIpc) is 3.35. The summed E-state index contributed by atoms with van der Waals surface area (Å²) in [5, 5.41) is 5.72. The van der Waals surface area contributed by atoms with Crippen LogP contribution in [0.5, 0.6) is 0 Å². The molecule has 0 unspecified atom stereocenters. The Bertz CT molecular complexity index is 984. The number of nitrogens with two attached hydrogens (primary N) is 1. The summed E-state index contributed by atoms with van der Waals surface area (Å²) in [6.45, 7) is 2.37. The van der Waals surface area contributed by atoms with Crippen molar-refractivity contribution in [2.75, 3.05) is 37.0 Å². The molecule has 0 aromatic heterocycles. The number of para-hydroxylation sites is 1. The fraction of sp³-hybridized carbons (Fsp3) is 0.423. The molecule has 2 aromatic carbocycles. The van der Waals surface area contributed by atoms with Gasteiger partial charge in [0.05, 0.1) is 6.42 Å². The van der Waals surface area contributed by atoms with Gasteiger partial charge in [0.15, 0.2) is 0 Å². The lowest BCUT2D eigenvalue weighted by Gasteiger charge is -2.23. The van der Waals surface area contributed by atoms with E-state index in [2.05, 4.69) is 21.6 Å². The van der Waals surface area contributed by atoms with Crippen molar-refractivity contribution in [3.8, 4) is 0 Å². The van der Waals surface area contributed by atoms with Gasteiger partial charge in [-0.3, -0.25) is 14.4 Å². The highest BCUT2D eigenvalue weighted by molar-refractivity contribution is 5.89. The summed E-state index contributed by atoms with van der Waals surface area (Å²) in [6, 6.07) is 14.9. The van der Waals surface area contributed by atoms with Gasteiger partial charge in [0, 0.05) is 51.5 Å². The Kier molecular flexibility index (Phi) is 8.90. The molecule has 1 saturated heterocycles. The van der Waals surface area contributed by atoms with Gasteiger partial charge < -0.3 is 26.2 Å². The Morgan fingerprint density at radius 3 is 2.35 bits per heavy atom. The molecule has 8 nitrogen and oxygen atoms in total. The molecular formula is C26H35N5O3. The van der Waals surface area contributed by atoms with Crippen molar-refractivity contribution in [2.24, 2.45) is 5.73 Å². The summed E-state index contributed by atoms with van der Waals surface area (Å²) in [7, 11) is 3.90. The van der Waals surface area contributed by atoms with Crippen LogP contribution in [-0.4, -0.2) is 50.9 Å². The van der Waals surface area contributed by atoms with Crippen molar-refractivity contribution in [3.63, 3.8) is 0 Å². The van der Waals surface area contributed by atoms with E-state index in [1.54, 1.807) is 0 Å². The zero-order chi connectivity index (χ0) is 24.5. The highest BCUT2D eigenvalue weighted by Gasteiger charge is 2.22. The highest BCUT2D eigenvalue weighted by atomic mass is 16.2. The topological polar surface area (TPSA) is 108 Å². The number of benzene rings is 2. The van der Waals surface area contributed by atoms with Gasteiger partial charge in [0.25, 0.3) is 0 Å². The second-order valence-electron chi connectivity index (χ2n) is 8.90. The summed E-state index contributed by atoms with van der Waals surface area (Å²) in [4.78, 5) is 41.3. The third kappa shape index (κ3) is 7.23. The zero-order valence-corrected chi connectivity index (χ0v) is 20.0. The number of nitrogens with zero attached hydrogens (tertiary/aromatic N) is 2. The van der Waals surface area contributed by atoms with Gasteiger partial charge in [0.2, 0.25) is 17.7 Å². The molecule has 0 bridgehead atoms. The smallest absolute Gasteiger partial charge is 0.242 e. The molecule has 3 amide bonds. The van der Waals surface area contributed by atoms with E-state index in [4.69, 9.17) is 5.73 Å². The van der Waals surface area contributed by atoms with Gasteiger partial charge in [-0.2, -0.15) is 0 Å². The third-order valence-corrected chi connectivity index (χ3v) is 6.04. The van der Waals surface area contributed by atoms with Crippen molar-refractivity contribution < 1.29 is 14.4 Å². The maximum atomic E-state index is 13.0. The Balaban J connectivity index is 1.61. The summed E-state index contributed by atoms with van der Waals surface area (Å²) >= 11 is 0. The van der Waals surface area contributed by atoms with E-state index in [1.165, 1.54) is 12.8 Å². The van der Waals surface area contributed by atoms with Crippen LogP contribution in [-0.2, 0) is 27.3 Å². The first-order chi connectivity index (χ1) is 16.3. The van der Waals surface area contributed by atoms with Crippen LogP contribution < -0.4 is 26.2 Å². The normalized spacial score (nSPS) is 13.9. The van der Waals surface area contributed by atoms with Crippen LogP contribution in [0.1, 0.15) is 36.8 Å². The van der Waals surface area contributed by atoms with Crippen molar-refractivity contribution in [2.45, 2.75) is 44.7 Å². The molecule has 1 aliphatic rings. The quantitative estimate of drug-likeness (QED) is 0.470. The highest BCUT2D eigenvalue weighted by Crippen LogP contribution is 2.24. The molecule has 0 spiro atoms. The van der Waals surface area contributed by atoms with E-state index in [-0.39, 0.29) is 31.1 Å². The van der Waals surface area contributed by atoms with Gasteiger partial charge in [-0.15, -0.1) is 0 Å². The summed E-state index contributed by atoms with van der Waals surface area (Å²) in [6.07, 6.45) is 2.64. The predicted octanol–water partition coefficient (Wildman–Crippen LogP) is 1.96. The van der Waals surface area contributed by atoms with E-state index >= 15 is 0 Å². The minimum absolute atomic E-state index is 0.0141. The van der Waals surface area contributed by atoms with E-state index < -0.39 is 11.9 Å². The fourth-order valence-electron chi connectivity index (χ4n) is 4.13. The van der Waals surface area contributed by atoms with Gasteiger partial charge in [0.1, 0.15) is 6.04 Å². The average molecular weight is 466 g/mol. The Hall–Kier alpha value is -3.55. The molecular weight excluding hydrogens is 430 g/mol.